The van der Waals surface area contributed by atoms with Gasteiger partial charge in [0.2, 0.25) is 12.7 Å². The van der Waals surface area contributed by atoms with Crippen molar-refractivity contribution in [2.24, 2.45) is 0 Å². The zero-order chi connectivity index (χ0) is 31.5. The number of nitrogens with one attached hydrogen (secondary N) is 1. The van der Waals surface area contributed by atoms with Crippen LogP contribution in [-0.4, -0.2) is 65.1 Å². The topological polar surface area (TPSA) is 148 Å². The Morgan fingerprint density at radius 3 is 2.62 bits per heavy atom. The van der Waals surface area contributed by atoms with Crippen LogP contribution < -0.4 is 25.2 Å². The number of fused-ring (bicyclic) bond motifs is 2. The Bertz CT molecular complexity index is 1840. The lowest BCUT2D eigenvalue weighted by Crippen LogP contribution is -2.55. The minimum absolute atomic E-state index is 0.0173. The van der Waals surface area contributed by atoms with Crippen molar-refractivity contribution in [3.8, 4) is 17.2 Å². The minimum atomic E-state index is -1.30. The number of carbonyl (C=O) groups excluding carboxylic acids is 2. The first-order chi connectivity index (χ1) is 21.8. The van der Waals surface area contributed by atoms with Gasteiger partial charge in [-0.2, -0.15) is 0 Å². The van der Waals surface area contributed by atoms with Gasteiger partial charge in [-0.1, -0.05) is 36.4 Å². The summed E-state index contributed by atoms with van der Waals surface area (Å²) < 4.78 is 23.5. The third-order valence-electron chi connectivity index (χ3n) is 7.64. The van der Waals surface area contributed by atoms with Crippen LogP contribution >= 0.6 is 22.6 Å². The lowest BCUT2D eigenvalue weighted by atomic mass is 9.87. The van der Waals surface area contributed by atoms with E-state index < -0.39 is 35.7 Å². The van der Waals surface area contributed by atoms with E-state index in [0.717, 1.165) is 3.57 Å². The van der Waals surface area contributed by atoms with Gasteiger partial charge in [0, 0.05) is 30.5 Å². The normalized spacial score (nSPS) is 18.7. The lowest BCUT2D eigenvalue weighted by Gasteiger charge is -2.40. The van der Waals surface area contributed by atoms with Crippen molar-refractivity contribution < 1.29 is 38.4 Å². The second kappa shape index (κ2) is 13.3. The monoisotopic (exact) mass is 724 g/mol. The first kappa shape index (κ1) is 30.6. The summed E-state index contributed by atoms with van der Waals surface area (Å²) in [7, 11) is 0. The standard InChI is InChI=1S/C33H29IN2O9/c34-23-6-2-4-8-26(23)44-29-16-21(31(39)35-11-12-37)15-24(30(29)38)36(17-19-9-10-27-28(13-19)43-18-42-27)32(40)22-14-20-5-1-3-7-25(20)45-33(22)41/h1-10,13-14,16,24,29-30,37-38H,11-12,15,17-18H2,(H,35,39)/t24-,29+,30+/m1/s1. The molecule has 0 spiro atoms. The van der Waals surface area contributed by atoms with Crippen LogP contribution in [0.2, 0.25) is 0 Å². The third kappa shape index (κ3) is 6.53. The number of aliphatic hydroxyl groups excluding tert-OH is 2. The van der Waals surface area contributed by atoms with Crippen LogP contribution in [0.4, 0.5) is 0 Å². The summed E-state index contributed by atoms with van der Waals surface area (Å²) in [5, 5.41) is 24.3. The molecule has 0 saturated heterocycles. The van der Waals surface area contributed by atoms with E-state index in [4.69, 9.17) is 18.6 Å². The van der Waals surface area contributed by atoms with E-state index in [1.165, 1.54) is 17.0 Å². The van der Waals surface area contributed by atoms with Crippen LogP contribution in [0.25, 0.3) is 11.0 Å². The molecule has 0 bridgehead atoms. The third-order valence-corrected chi connectivity index (χ3v) is 8.53. The highest BCUT2D eigenvalue weighted by atomic mass is 127. The van der Waals surface area contributed by atoms with Gasteiger partial charge < -0.3 is 39.1 Å². The zero-order valence-electron chi connectivity index (χ0n) is 23.9. The van der Waals surface area contributed by atoms with Gasteiger partial charge in [-0.3, -0.25) is 9.59 Å². The number of rotatable bonds is 9. The van der Waals surface area contributed by atoms with Gasteiger partial charge in [0.15, 0.2) is 11.5 Å². The van der Waals surface area contributed by atoms with Crippen LogP contribution in [0.5, 0.6) is 17.2 Å². The molecular weight excluding hydrogens is 695 g/mol. The molecule has 0 unspecified atom stereocenters. The van der Waals surface area contributed by atoms with Crippen molar-refractivity contribution in [2.45, 2.75) is 31.2 Å². The lowest BCUT2D eigenvalue weighted by molar-refractivity contribution is -0.118. The molecule has 12 heteroatoms. The quantitative estimate of drug-likeness (QED) is 0.175. The summed E-state index contributed by atoms with van der Waals surface area (Å²) >= 11 is 2.11. The molecule has 6 rings (SSSR count). The Hall–Kier alpha value is -4.40. The maximum atomic E-state index is 14.4. The molecule has 0 fully saturated rings. The van der Waals surface area contributed by atoms with Gasteiger partial charge in [-0.05, 0) is 70.6 Å². The highest BCUT2D eigenvalue weighted by molar-refractivity contribution is 14.1. The molecule has 1 aliphatic carbocycles. The van der Waals surface area contributed by atoms with E-state index in [9.17, 15) is 24.6 Å². The predicted molar refractivity (Wildman–Crippen MR) is 171 cm³/mol. The Labute approximate surface area is 271 Å². The zero-order valence-corrected chi connectivity index (χ0v) is 26.0. The highest BCUT2D eigenvalue weighted by Gasteiger charge is 2.41. The Morgan fingerprint density at radius 2 is 1.80 bits per heavy atom. The predicted octanol–water partition coefficient (Wildman–Crippen LogP) is 3.38. The molecule has 3 atom stereocenters. The van der Waals surface area contributed by atoms with Crippen LogP contribution in [0.1, 0.15) is 22.3 Å². The SMILES string of the molecule is O=C(NCCO)C1=C[C@H](Oc2ccccc2I)[C@@H](O)[C@H](N(Cc2ccc3c(c2)OCO3)C(=O)c2cc3ccccc3oc2=O)C1. The van der Waals surface area contributed by atoms with Gasteiger partial charge in [-0.25, -0.2) is 4.79 Å². The van der Waals surface area contributed by atoms with Crippen molar-refractivity contribution in [3.05, 3.63) is 110 Å². The molecule has 45 heavy (non-hydrogen) atoms. The summed E-state index contributed by atoms with van der Waals surface area (Å²) in [5.74, 6) is 0.372. The largest absolute Gasteiger partial charge is 0.482 e. The van der Waals surface area contributed by atoms with Gasteiger partial charge >= 0.3 is 5.63 Å². The van der Waals surface area contributed by atoms with Gasteiger partial charge in [-0.15, -0.1) is 0 Å². The number of para-hydroxylation sites is 2. The summed E-state index contributed by atoms with van der Waals surface area (Å²) in [6.45, 7) is -0.233. The molecular formula is C33H29IN2O9. The van der Waals surface area contributed by atoms with E-state index in [1.807, 2.05) is 12.1 Å². The number of hydrogen-bond acceptors (Lipinski definition) is 9. The summed E-state index contributed by atoms with van der Waals surface area (Å²) in [4.78, 5) is 42.1. The number of ether oxygens (including phenoxy) is 3. The molecule has 2 aliphatic rings. The number of benzene rings is 3. The van der Waals surface area contributed by atoms with Gasteiger partial charge in [0.25, 0.3) is 5.91 Å². The Kier molecular flexibility index (Phi) is 9.05. The van der Waals surface area contributed by atoms with Crippen LogP contribution in [0.3, 0.4) is 0 Å². The van der Waals surface area contributed by atoms with E-state index in [-0.39, 0.29) is 44.0 Å². The van der Waals surface area contributed by atoms with Crippen LogP contribution in [-0.2, 0) is 11.3 Å². The number of aliphatic hydroxyl groups is 2. The summed E-state index contributed by atoms with van der Waals surface area (Å²) in [6, 6.07) is 19.7. The van der Waals surface area contributed by atoms with Crippen LogP contribution in [0.15, 0.2) is 93.7 Å². The molecule has 3 N–H and O–H groups in total. The number of nitrogens with zero attached hydrogens (tertiary/aromatic N) is 1. The fourth-order valence-corrected chi connectivity index (χ4v) is 5.92. The minimum Gasteiger partial charge on any atom is -0.482 e. The number of carbonyl (C=O) groups is 2. The average molecular weight is 725 g/mol. The fraction of sp³-hybridized carbons (Fsp3) is 0.242. The highest BCUT2D eigenvalue weighted by Crippen LogP contribution is 2.35. The molecule has 2 amide bonds. The molecule has 232 valence electrons. The van der Waals surface area contributed by atoms with Crippen molar-refractivity contribution in [2.75, 3.05) is 19.9 Å². The summed E-state index contributed by atoms with van der Waals surface area (Å²) in [6.07, 6.45) is -0.861. The molecule has 2 heterocycles. The van der Waals surface area contributed by atoms with E-state index in [2.05, 4.69) is 27.9 Å². The van der Waals surface area contributed by atoms with Crippen molar-refractivity contribution in [1.29, 1.82) is 0 Å². The van der Waals surface area contributed by atoms with Crippen molar-refractivity contribution in [3.63, 3.8) is 0 Å². The molecule has 3 aromatic carbocycles. The Balaban J connectivity index is 1.42. The molecule has 0 radical (unpaired) electrons. The smallest absolute Gasteiger partial charge is 0.349 e. The average Bonchev–Trinajstić information content (AvgIpc) is 3.52. The van der Waals surface area contributed by atoms with Gasteiger partial charge in [0.05, 0.1) is 16.2 Å². The first-order valence-electron chi connectivity index (χ1n) is 14.2. The first-order valence-corrected chi connectivity index (χ1v) is 15.3. The fourth-order valence-electron chi connectivity index (χ4n) is 5.41. The van der Waals surface area contributed by atoms with E-state index in [0.29, 0.717) is 33.8 Å². The number of amides is 2. The Morgan fingerprint density at radius 1 is 1.02 bits per heavy atom. The molecule has 11 nitrogen and oxygen atoms in total. The summed E-state index contributed by atoms with van der Waals surface area (Å²) in [5.41, 5.74) is 0.167. The second-order valence-electron chi connectivity index (χ2n) is 10.6. The molecule has 1 aromatic heterocycles. The maximum absolute atomic E-state index is 14.4. The van der Waals surface area contributed by atoms with Gasteiger partial charge in [0.1, 0.15) is 29.1 Å². The molecule has 0 saturated carbocycles. The molecule has 4 aromatic rings. The molecule has 1 aliphatic heterocycles. The second-order valence-corrected chi connectivity index (χ2v) is 11.7. The maximum Gasteiger partial charge on any atom is 0.349 e. The van der Waals surface area contributed by atoms with Crippen LogP contribution in [0, 0.1) is 3.57 Å². The number of halogens is 1. The number of hydrogen-bond donors (Lipinski definition) is 3. The van der Waals surface area contributed by atoms with E-state index in [1.54, 1.807) is 54.6 Å². The van der Waals surface area contributed by atoms with Crippen molar-refractivity contribution in [1.82, 2.24) is 10.2 Å². The van der Waals surface area contributed by atoms with Crippen molar-refractivity contribution >= 4 is 45.4 Å². The van der Waals surface area contributed by atoms with E-state index >= 15 is 0 Å².